The number of carboxylic acids is 1. The van der Waals surface area contributed by atoms with E-state index in [9.17, 15) is 14.0 Å². The summed E-state index contributed by atoms with van der Waals surface area (Å²) in [5, 5.41) is 11.5. The number of carbonyl (C=O) groups excluding carboxylic acids is 1. The number of rotatable bonds is 4. The van der Waals surface area contributed by atoms with Crippen LogP contribution in [0.2, 0.25) is 0 Å². The summed E-state index contributed by atoms with van der Waals surface area (Å²) in [6.45, 7) is 2.24. The Labute approximate surface area is 115 Å². The van der Waals surface area contributed by atoms with Crippen molar-refractivity contribution in [2.45, 2.75) is 6.92 Å². The van der Waals surface area contributed by atoms with E-state index in [1.807, 2.05) is 0 Å². The maximum atomic E-state index is 14.2. The number of hydrogen-bond acceptors (Lipinski definition) is 3. The van der Waals surface area contributed by atoms with Crippen LogP contribution in [0.3, 0.4) is 0 Å². The highest BCUT2D eigenvalue weighted by Crippen LogP contribution is 2.32. The fourth-order valence-electron chi connectivity index (χ4n) is 2.35. The minimum absolute atomic E-state index is 0.0976. The average molecular weight is 279 g/mol. The van der Waals surface area contributed by atoms with Gasteiger partial charge in [0, 0.05) is 24.6 Å². The Hall–Kier alpha value is -2.29. The molecule has 0 aromatic carbocycles. The number of ether oxygens (including phenoxy) is 1. The second kappa shape index (κ2) is 5.78. The van der Waals surface area contributed by atoms with Crippen LogP contribution in [0.1, 0.15) is 6.92 Å². The topological polar surface area (TPSA) is 75.6 Å². The van der Waals surface area contributed by atoms with Gasteiger partial charge in [0.1, 0.15) is 17.5 Å². The van der Waals surface area contributed by atoms with Crippen molar-refractivity contribution < 1.29 is 23.8 Å². The number of nitrogens with one attached hydrogen (secondary N) is 1. The van der Waals surface area contributed by atoms with Crippen LogP contribution in [0.5, 0.6) is 0 Å². The lowest BCUT2D eigenvalue weighted by Crippen LogP contribution is -2.30. The Bertz CT molecular complexity index is 555. The van der Waals surface area contributed by atoms with Gasteiger partial charge in [-0.2, -0.15) is 0 Å². The van der Waals surface area contributed by atoms with E-state index in [0.717, 1.165) is 0 Å². The average Bonchev–Trinajstić information content (AvgIpc) is 2.66. The first kappa shape index (κ1) is 14.1. The van der Waals surface area contributed by atoms with Gasteiger partial charge < -0.3 is 15.2 Å². The fourth-order valence-corrected chi connectivity index (χ4v) is 2.35. The van der Waals surface area contributed by atoms with Crippen LogP contribution in [-0.4, -0.2) is 30.1 Å². The molecule has 6 heteroatoms. The number of halogens is 1. The van der Waals surface area contributed by atoms with E-state index < -0.39 is 35.5 Å². The molecule has 3 atom stereocenters. The van der Waals surface area contributed by atoms with Crippen molar-refractivity contribution in [2.24, 2.45) is 17.8 Å². The van der Waals surface area contributed by atoms with Gasteiger partial charge in [-0.1, -0.05) is 11.8 Å². The number of allylic oxidation sites excluding steroid dienone is 3. The summed E-state index contributed by atoms with van der Waals surface area (Å²) in [6, 6.07) is 0. The van der Waals surface area contributed by atoms with Gasteiger partial charge in [-0.05, 0) is 6.92 Å². The normalized spacial score (nSPS) is 28.5. The Balaban J connectivity index is 2.25. The molecule has 0 spiro atoms. The fraction of sp³-hybridized carbons (Fsp3) is 0.429. The summed E-state index contributed by atoms with van der Waals surface area (Å²) in [7, 11) is 0. The summed E-state index contributed by atoms with van der Waals surface area (Å²) >= 11 is 0. The first-order valence-electron chi connectivity index (χ1n) is 6.26. The van der Waals surface area contributed by atoms with Crippen LogP contribution in [0.15, 0.2) is 23.7 Å². The van der Waals surface area contributed by atoms with Gasteiger partial charge in [0.15, 0.2) is 0 Å². The third-order valence-corrected chi connectivity index (χ3v) is 3.26. The van der Waals surface area contributed by atoms with Gasteiger partial charge >= 0.3 is 5.97 Å². The predicted molar refractivity (Wildman–Crippen MR) is 67.8 cm³/mol. The molecular weight excluding hydrogens is 265 g/mol. The van der Waals surface area contributed by atoms with Crippen LogP contribution < -0.4 is 5.32 Å². The minimum Gasteiger partial charge on any atom is -0.493 e. The molecule has 0 aromatic heterocycles. The molecule has 2 aliphatic rings. The van der Waals surface area contributed by atoms with Crippen LogP contribution in [0, 0.1) is 29.6 Å². The SMILES string of the molecule is CCOC1=CC#CC(C2CNC(=O)[C@H]2C(=O)O)C(F)=C1. The van der Waals surface area contributed by atoms with E-state index in [2.05, 4.69) is 17.2 Å². The number of aliphatic carboxylic acids is 1. The molecular formula is C14H14FNO4. The molecule has 2 N–H and O–H groups in total. The maximum absolute atomic E-state index is 14.2. The molecule has 2 rings (SSSR count). The zero-order valence-corrected chi connectivity index (χ0v) is 10.9. The zero-order valence-electron chi connectivity index (χ0n) is 10.9. The molecule has 0 bridgehead atoms. The highest BCUT2D eigenvalue weighted by atomic mass is 19.1. The summed E-state index contributed by atoms with van der Waals surface area (Å²) in [5.41, 5.74) is 0. The van der Waals surface area contributed by atoms with E-state index in [4.69, 9.17) is 9.84 Å². The van der Waals surface area contributed by atoms with E-state index in [1.54, 1.807) is 6.92 Å². The highest BCUT2D eigenvalue weighted by Gasteiger charge is 2.45. The van der Waals surface area contributed by atoms with Crippen LogP contribution >= 0.6 is 0 Å². The molecule has 1 amide bonds. The van der Waals surface area contributed by atoms with Crippen molar-refractivity contribution in [1.29, 1.82) is 0 Å². The second-order valence-electron chi connectivity index (χ2n) is 4.50. The van der Waals surface area contributed by atoms with Crippen molar-refractivity contribution in [3.8, 4) is 11.8 Å². The maximum Gasteiger partial charge on any atom is 0.316 e. The summed E-state index contributed by atoms with van der Waals surface area (Å²) in [6.07, 6.45) is 2.62. The van der Waals surface area contributed by atoms with E-state index in [1.165, 1.54) is 12.2 Å². The lowest BCUT2D eigenvalue weighted by Gasteiger charge is -2.18. The highest BCUT2D eigenvalue weighted by molar-refractivity contribution is 5.99. The lowest BCUT2D eigenvalue weighted by molar-refractivity contribution is -0.147. The lowest BCUT2D eigenvalue weighted by atomic mass is 9.83. The van der Waals surface area contributed by atoms with Crippen molar-refractivity contribution in [2.75, 3.05) is 13.2 Å². The molecule has 1 fully saturated rings. The molecule has 2 unspecified atom stereocenters. The first-order valence-corrected chi connectivity index (χ1v) is 6.26. The Kier molecular flexibility index (Phi) is 4.08. The zero-order chi connectivity index (χ0) is 14.7. The summed E-state index contributed by atoms with van der Waals surface area (Å²) in [4.78, 5) is 22.6. The smallest absolute Gasteiger partial charge is 0.316 e. The van der Waals surface area contributed by atoms with Gasteiger partial charge in [0.2, 0.25) is 5.91 Å². The van der Waals surface area contributed by atoms with Crippen molar-refractivity contribution in [1.82, 2.24) is 5.32 Å². The largest absolute Gasteiger partial charge is 0.493 e. The molecule has 0 radical (unpaired) electrons. The van der Waals surface area contributed by atoms with Crippen molar-refractivity contribution in [3.05, 3.63) is 23.7 Å². The Morgan fingerprint density at radius 3 is 3.05 bits per heavy atom. The molecule has 1 aliphatic carbocycles. The van der Waals surface area contributed by atoms with Gasteiger partial charge in [-0.3, -0.25) is 9.59 Å². The molecule has 20 heavy (non-hydrogen) atoms. The molecule has 1 saturated heterocycles. The van der Waals surface area contributed by atoms with E-state index in [0.29, 0.717) is 12.4 Å². The quantitative estimate of drug-likeness (QED) is 0.590. The summed E-state index contributed by atoms with van der Waals surface area (Å²) < 4.78 is 19.4. The third-order valence-electron chi connectivity index (χ3n) is 3.26. The first-order chi connectivity index (χ1) is 9.54. The monoisotopic (exact) mass is 279 g/mol. The number of hydrogen-bond donors (Lipinski definition) is 2. The number of carbonyl (C=O) groups is 2. The van der Waals surface area contributed by atoms with Crippen LogP contribution in [0.25, 0.3) is 0 Å². The van der Waals surface area contributed by atoms with E-state index >= 15 is 0 Å². The molecule has 1 heterocycles. The van der Waals surface area contributed by atoms with Crippen LogP contribution in [-0.2, 0) is 14.3 Å². The Morgan fingerprint density at radius 2 is 2.40 bits per heavy atom. The minimum atomic E-state index is -1.28. The van der Waals surface area contributed by atoms with Gasteiger partial charge in [0.05, 0.1) is 12.5 Å². The standard InChI is InChI=1S/C14H14FNO4/c1-2-20-8-4-3-5-9(11(15)6-8)10-7-16-13(17)12(10)14(18)19/h4,6,9-10,12H,2,7H2,1H3,(H,16,17)(H,18,19)/t9?,10?,12-/m0/s1. The molecule has 106 valence electrons. The van der Waals surface area contributed by atoms with Crippen molar-refractivity contribution in [3.63, 3.8) is 0 Å². The number of carboxylic acid groups (broad SMARTS) is 1. The molecule has 1 aliphatic heterocycles. The van der Waals surface area contributed by atoms with Gasteiger partial charge in [0.25, 0.3) is 0 Å². The third kappa shape index (κ3) is 2.67. The second-order valence-corrected chi connectivity index (χ2v) is 4.50. The predicted octanol–water partition coefficient (Wildman–Crippen LogP) is 0.840. The van der Waals surface area contributed by atoms with Crippen LogP contribution in [0.4, 0.5) is 4.39 Å². The molecule has 0 aromatic rings. The molecule has 5 nitrogen and oxygen atoms in total. The Morgan fingerprint density at radius 1 is 1.65 bits per heavy atom. The number of amides is 1. The van der Waals surface area contributed by atoms with Crippen molar-refractivity contribution >= 4 is 11.9 Å². The molecule has 0 saturated carbocycles. The van der Waals surface area contributed by atoms with Gasteiger partial charge in [-0.15, -0.1) is 0 Å². The van der Waals surface area contributed by atoms with E-state index in [-0.39, 0.29) is 6.54 Å². The summed E-state index contributed by atoms with van der Waals surface area (Å²) in [5.74, 6) is 0.243. The van der Waals surface area contributed by atoms with Gasteiger partial charge in [-0.25, -0.2) is 4.39 Å².